The average Bonchev–Trinajstić information content (AvgIpc) is 3.02. The van der Waals surface area contributed by atoms with Crippen LogP contribution >= 0.6 is 11.3 Å². The van der Waals surface area contributed by atoms with E-state index in [4.69, 9.17) is 5.73 Å². The number of carbonyl (C=O) groups is 1. The highest BCUT2D eigenvalue weighted by molar-refractivity contribution is 7.13. The summed E-state index contributed by atoms with van der Waals surface area (Å²) < 4.78 is 38.7. The highest BCUT2D eigenvalue weighted by atomic mass is 32.1. The summed E-state index contributed by atoms with van der Waals surface area (Å²) in [5.74, 6) is -0.251. The molecule has 2 aromatic rings. The first kappa shape index (κ1) is 19.4. The third-order valence-electron chi connectivity index (χ3n) is 4.43. The van der Waals surface area contributed by atoms with Crippen molar-refractivity contribution in [1.82, 2.24) is 15.3 Å². The lowest BCUT2D eigenvalue weighted by atomic mass is 9.91. The van der Waals surface area contributed by atoms with Crippen LogP contribution in [0.5, 0.6) is 0 Å². The first-order valence-corrected chi connectivity index (χ1v) is 9.43. The molecular formula is C17H20F3N5OS. The number of rotatable bonds is 4. The molecule has 1 saturated carbocycles. The van der Waals surface area contributed by atoms with Gasteiger partial charge in [0.15, 0.2) is 5.13 Å². The van der Waals surface area contributed by atoms with Crippen LogP contribution in [0.1, 0.15) is 47.6 Å². The number of alkyl halides is 3. The number of thiazole rings is 1. The Balaban J connectivity index is 1.54. The summed E-state index contributed by atoms with van der Waals surface area (Å²) in [4.78, 5) is 19.6. The van der Waals surface area contributed by atoms with Gasteiger partial charge < -0.3 is 16.4 Å². The van der Waals surface area contributed by atoms with Crippen molar-refractivity contribution in [2.75, 3.05) is 11.1 Å². The number of aromatic nitrogens is 2. The molecule has 0 aromatic carbocycles. The molecule has 10 heteroatoms. The van der Waals surface area contributed by atoms with E-state index in [1.165, 1.54) is 18.3 Å². The van der Waals surface area contributed by atoms with Crippen molar-refractivity contribution in [3.05, 3.63) is 34.6 Å². The van der Waals surface area contributed by atoms with Gasteiger partial charge in [0.2, 0.25) is 0 Å². The van der Waals surface area contributed by atoms with Gasteiger partial charge in [-0.25, -0.2) is 9.97 Å². The molecule has 0 bridgehead atoms. The van der Waals surface area contributed by atoms with Crippen LogP contribution in [0.4, 0.5) is 24.0 Å². The molecule has 4 N–H and O–H groups in total. The molecule has 0 aliphatic heterocycles. The minimum atomic E-state index is -4.47. The zero-order chi connectivity index (χ0) is 19.6. The van der Waals surface area contributed by atoms with Crippen LogP contribution in [-0.4, -0.2) is 28.0 Å². The largest absolute Gasteiger partial charge is 0.433 e. The molecule has 27 heavy (non-hydrogen) atoms. The van der Waals surface area contributed by atoms with E-state index in [-0.39, 0.29) is 18.0 Å². The third-order valence-corrected chi connectivity index (χ3v) is 5.11. The first-order valence-electron chi connectivity index (χ1n) is 8.55. The van der Waals surface area contributed by atoms with Gasteiger partial charge in [0, 0.05) is 28.8 Å². The second-order valence-electron chi connectivity index (χ2n) is 6.62. The highest BCUT2D eigenvalue weighted by Crippen LogP contribution is 2.31. The maximum absolute atomic E-state index is 12.9. The van der Waals surface area contributed by atoms with Crippen LogP contribution in [0.3, 0.4) is 0 Å². The SMILES string of the molecule is Cc1cc(NC2CCC(NC(=O)c3csc(N)n3)CC2)cc(C(F)(F)F)n1. The number of nitrogens with one attached hydrogen (secondary N) is 2. The topological polar surface area (TPSA) is 92.9 Å². The van der Waals surface area contributed by atoms with Crippen LogP contribution in [0.15, 0.2) is 17.5 Å². The van der Waals surface area contributed by atoms with Gasteiger partial charge in [0.25, 0.3) is 5.91 Å². The van der Waals surface area contributed by atoms with Crippen LogP contribution in [-0.2, 0) is 6.18 Å². The van der Waals surface area contributed by atoms with Gasteiger partial charge in [-0.05, 0) is 44.7 Å². The third kappa shape index (κ3) is 5.09. The van der Waals surface area contributed by atoms with Crippen molar-refractivity contribution in [1.29, 1.82) is 0 Å². The molecule has 1 amide bonds. The number of nitrogen functional groups attached to an aromatic ring is 1. The highest BCUT2D eigenvalue weighted by Gasteiger charge is 2.33. The number of nitrogens with two attached hydrogens (primary N) is 1. The van der Waals surface area contributed by atoms with Crippen LogP contribution in [0.2, 0.25) is 0 Å². The maximum Gasteiger partial charge on any atom is 0.433 e. The monoisotopic (exact) mass is 399 g/mol. The lowest BCUT2D eigenvalue weighted by molar-refractivity contribution is -0.141. The van der Waals surface area contributed by atoms with Gasteiger partial charge in [-0.1, -0.05) is 0 Å². The lowest BCUT2D eigenvalue weighted by Crippen LogP contribution is -2.40. The quantitative estimate of drug-likeness (QED) is 0.731. The minimum absolute atomic E-state index is 0.0170. The zero-order valence-corrected chi connectivity index (χ0v) is 15.5. The Morgan fingerprint density at radius 2 is 1.85 bits per heavy atom. The molecule has 2 heterocycles. The molecule has 0 spiro atoms. The van der Waals surface area contributed by atoms with Gasteiger partial charge in [-0.15, -0.1) is 11.3 Å². The number of carbonyl (C=O) groups excluding carboxylic acids is 1. The predicted octanol–water partition coefficient (Wildman–Crippen LogP) is 3.60. The summed E-state index contributed by atoms with van der Waals surface area (Å²) in [6.07, 6.45) is -1.51. The second kappa shape index (κ2) is 7.71. The van der Waals surface area contributed by atoms with Crippen molar-refractivity contribution in [3.63, 3.8) is 0 Å². The Kier molecular flexibility index (Phi) is 5.54. The number of pyridine rings is 1. The van der Waals surface area contributed by atoms with Gasteiger partial charge >= 0.3 is 6.18 Å². The molecule has 1 aliphatic carbocycles. The number of hydrogen-bond acceptors (Lipinski definition) is 6. The van der Waals surface area contributed by atoms with Crippen LogP contribution in [0, 0.1) is 6.92 Å². The number of nitrogens with zero attached hydrogens (tertiary/aromatic N) is 2. The van der Waals surface area contributed by atoms with E-state index in [0.29, 0.717) is 22.2 Å². The summed E-state index contributed by atoms with van der Waals surface area (Å²) in [7, 11) is 0. The van der Waals surface area contributed by atoms with Gasteiger partial charge in [0.1, 0.15) is 11.4 Å². The molecule has 2 aromatic heterocycles. The smallest absolute Gasteiger partial charge is 0.382 e. The average molecular weight is 399 g/mol. The fourth-order valence-corrected chi connectivity index (χ4v) is 3.71. The number of amides is 1. The van der Waals surface area contributed by atoms with E-state index >= 15 is 0 Å². The Labute approximate surface area is 158 Å². The number of aryl methyl sites for hydroxylation is 1. The molecule has 0 unspecified atom stereocenters. The first-order chi connectivity index (χ1) is 12.7. The van der Waals surface area contributed by atoms with Crippen LogP contribution in [0.25, 0.3) is 0 Å². The minimum Gasteiger partial charge on any atom is -0.382 e. The maximum atomic E-state index is 12.9. The van der Waals surface area contributed by atoms with Gasteiger partial charge in [0.05, 0.1) is 0 Å². The molecule has 1 aliphatic rings. The number of anilines is 2. The second-order valence-corrected chi connectivity index (χ2v) is 7.51. The number of halogens is 3. The van der Waals surface area contributed by atoms with E-state index in [1.807, 2.05) is 0 Å². The summed E-state index contributed by atoms with van der Waals surface area (Å²) in [6.45, 7) is 1.54. The van der Waals surface area contributed by atoms with E-state index in [2.05, 4.69) is 20.6 Å². The fourth-order valence-electron chi connectivity index (χ4n) is 3.17. The van der Waals surface area contributed by atoms with E-state index in [9.17, 15) is 18.0 Å². The molecule has 0 radical (unpaired) electrons. The molecular weight excluding hydrogens is 379 g/mol. The fraction of sp³-hybridized carbons (Fsp3) is 0.471. The lowest BCUT2D eigenvalue weighted by Gasteiger charge is -2.30. The Morgan fingerprint density at radius 3 is 2.44 bits per heavy atom. The van der Waals surface area contributed by atoms with Crippen molar-refractivity contribution in [2.45, 2.75) is 50.9 Å². The Bertz CT molecular complexity index is 815. The van der Waals surface area contributed by atoms with Crippen LogP contribution < -0.4 is 16.4 Å². The van der Waals surface area contributed by atoms with E-state index in [1.54, 1.807) is 11.4 Å². The summed E-state index contributed by atoms with van der Waals surface area (Å²) in [5, 5.41) is 8.06. The molecule has 0 saturated heterocycles. The summed E-state index contributed by atoms with van der Waals surface area (Å²) >= 11 is 1.21. The predicted molar refractivity (Wildman–Crippen MR) is 97.6 cm³/mol. The number of hydrogen-bond donors (Lipinski definition) is 3. The van der Waals surface area contributed by atoms with Gasteiger partial charge in [-0.2, -0.15) is 13.2 Å². The van der Waals surface area contributed by atoms with E-state index in [0.717, 1.165) is 31.7 Å². The van der Waals surface area contributed by atoms with Crippen molar-refractivity contribution in [2.24, 2.45) is 0 Å². The summed E-state index contributed by atoms with van der Waals surface area (Å²) in [6, 6.07) is 2.71. The van der Waals surface area contributed by atoms with Crippen molar-refractivity contribution < 1.29 is 18.0 Å². The van der Waals surface area contributed by atoms with E-state index < -0.39 is 11.9 Å². The van der Waals surface area contributed by atoms with Crippen molar-refractivity contribution in [3.8, 4) is 0 Å². The standard InChI is InChI=1S/C17H20F3N5OS/c1-9-6-12(7-14(22-9)17(18,19)20)23-10-2-4-11(5-3-10)24-15(26)13-8-27-16(21)25-13/h6-8,10-11H,2-5H2,1H3,(H2,21,25)(H,22,23)(H,24,26). The molecule has 0 atom stereocenters. The molecule has 6 nitrogen and oxygen atoms in total. The normalized spacial score (nSPS) is 20.3. The summed E-state index contributed by atoms with van der Waals surface area (Å²) in [5.41, 5.74) is 5.68. The Hall–Kier alpha value is -2.36. The molecule has 3 rings (SSSR count). The molecule has 1 fully saturated rings. The van der Waals surface area contributed by atoms with Gasteiger partial charge in [-0.3, -0.25) is 4.79 Å². The molecule has 146 valence electrons. The van der Waals surface area contributed by atoms with Crippen molar-refractivity contribution >= 4 is 28.1 Å². The zero-order valence-electron chi connectivity index (χ0n) is 14.6. The Morgan fingerprint density at radius 1 is 1.19 bits per heavy atom.